The molecule has 0 amide bonds. The Hall–Kier alpha value is -1.72. The fraction of sp³-hybridized carbons (Fsp3) is 0.0833. The van der Waals surface area contributed by atoms with Gasteiger partial charge in [0.25, 0.3) is 0 Å². The molecule has 0 spiro atoms. The molecule has 3 aromatic rings. The molecule has 2 heterocycles. The normalized spacial score (nSPS) is 11.0. The molecular weight excluding hydrogens is 270 g/mol. The summed E-state index contributed by atoms with van der Waals surface area (Å²) in [6, 6.07) is 5.68. The summed E-state index contributed by atoms with van der Waals surface area (Å²) in [6.07, 6.45) is 1.80. The number of ether oxygens (including phenoxy) is 1. The molecule has 18 heavy (non-hydrogen) atoms. The van der Waals surface area contributed by atoms with Crippen LogP contribution in [0.1, 0.15) is 0 Å². The molecule has 0 bridgehead atoms. The molecule has 0 unspecified atom stereocenters. The molecule has 0 saturated carbocycles. The molecule has 2 aromatic heterocycles. The molecule has 4 nitrogen and oxygen atoms in total. The molecule has 2 N–H and O–H groups in total. The molecule has 0 fully saturated rings. The lowest BCUT2D eigenvalue weighted by Crippen LogP contribution is -1.87. The highest BCUT2D eigenvalue weighted by Crippen LogP contribution is 2.32. The van der Waals surface area contributed by atoms with E-state index in [9.17, 15) is 0 Å². The Morgan fingerprint density at radius 1 is 1.44 bits per heavy atom. The minimum absolute atomic E-state index is 0.516. The molecule has 0 aliphatic carbocycles. The number of imidazole rings is 1. The molecule has 92 valence electrons. The third kappa shape index (κ3) is 1.72. The van der Waals surface area contributed by atoms with Crippen molar-refractivity contribution < 1.29 is 4.74 Å². The van der Waals surface area contributed by atoms with Gasteiger partial charge in [-0.15, -0.1) is 11.3 Å². The Morgan fingerprint density at radius 2 is 2.28 bits per heavy atom. The van der Waals surface area contributed by atoms with Crippen LogP contribution in [0.4, 0.5) is 5.82 Å². The highest BCUT2D eigenvalue weighted by molar-refractivity contribution is 7.15. The molecule has 0 radical (unpaired) electrons. The molecule has 0 aliphatic rings. The van der Waals surface area contributed by atoms with Crippen LogP contribution in [0.3, 0.4) is 0 Å². The number of aromatic nitrogens is 2. The highest BCUT2D eigenvalue weighted by atomic mass is 35.5. The van der Waals surface area contributed by atoms with Gasteiger partial charge in [0.05, 0.1) is 24.0 Å². The van der Waals surface area contributed by atoms with E-state index < -0.39 is 0 Å². The smallest absolute Gasteiger partial charge is 0.196 e. The monoisotopic (exact) mass is 279 g/mol. The lowest BCUT2D eigenvalue weighted by Gasteiger charge is -2.05. The van der Waals surface area contributed by atoms with Gasteiger partial charge >= 0.3 is 0 Å². The minimum Gasteiger partial charge on any atom is -0.495 e. The maximum Gasteiger partial charge on any atom is 0.196 e. The van der Waals surface area contributed by atoms with Crippen LogP contribution < -0.4 is 10.5 Å². The standard InChI is InChI=1S/C12H10ClN3OS/c1-17-10-3-2-7(4-8(10)13)9-6-18-12-15-11(14)5-16(9)12/h2-6H,14H2,1H3. The number of halogens is 1. The summed E-state index contributed by atoms with van der Waals surface area (Å²) >= 11 is 7.67. The first kappa shape index (κ1) is 11.4. The number of benzene rings is 1. The van der Waals surface area contributed by atoms with Gasteiger partial charge in [-0.2, -0.15) is 0 Å². The predicted octanol–water partition coefficient (Wildman–Crippen LogP) is 3.31. The Labute approximate surface area is 113 Å². The fourth-order valence-electron chi connectivity index (χ4n) is 1.83. The van der Waals surface area contributed by atoms with Crippen LogP contribution in [0.15, 0.2) is 29.8 Å². The van der Waals surface area contributed by atoms with Crippen molar-refractivity contribution in [2.45, 2.75) is 0 Å². The van der Waals surface area contributed by atoms with E-state index in [4.69, 9.17) is 22.1 Å². The maximum absolute atomic E-state index is 6.13. The molecule has 3 rings (SSSR count). The van der Waals surface area contributed by atoms with E-state index in [1.807, 2.05) is 28.0 Å². The van der Waals surface area contributed by atoms with Gasteiger partial charge < -0.3 is 10.5 Å². The van der Waals surface area contributed by atoms with E-state index in [1.165, 1.54) is 0 Å². The van der Waals surface area contributed by atoms with E-state index >= 15 is 0 Å². The van der Waals surface area contributed by atoms with Crippen LogP contribution in [0.2, 0.25) is 5.02 Å². The number of nitrogen functional groups attached to an aromatic ring is 1. The summed E-state index contributed by atoms with van der Waals surface area (Å²) in [7, 11) is 1.60. The number of nitrogens with two attached hydrogens (primary N) is 1. The number of methoxy groups -OCH3 is 1. The lowest BCUT2D eigenvalue weighted by molar-refractivity contribution is 0.415. The SMILES string of the molecule is COc1ccc(-c2csc3nc(N)cn23)cc1Cl. The number of fused-ring (bicyclic) bond motifs is 1. The van der Waals surface area contributed by atoms with Gasteiger partial charge in [-0.05, 0) is 18.2 Å². The van der Waals surface area contributed by atoms with E-state index in [-0.39, 0.29) is 0 Å². The van der Waals surface area contributed by atoms with E-state index in [2.05, 4.69) is 4.98 Å². The van der Waals surface area contributed by atoms with E-state index in [0.29, 0.717) is 16.6 Å². The van der Waals surface area contributed by atoms with Crippen molar-refractivity contribution in [3.8, 4) is 17.0 Å². The lowest BCUT2D eigenvalue weighted by atomic mass is 10.1. The topological polar surface area (TPSA) is 52.5 Å². The highest BCUT2D eigenvalue weighted by Gasteiger charge is 2.10. The van der Waals surface area contributed by atoms with Crippen molar-refractivity contribution in [3.05, 3.63) is 34.8 Å². The number of hydrogen-bond acceptors (Lipinski definition) is 4. The zero-order valence-electron chi connectivity index (χ0n) is 9.55. The van der Waals surface area contributed by atoms with E-state index in [0.717, 1.165) is 16.2 Å². The van der Waals surface area contributed by atoms with Crippen LogP contribution in [0.5, 0.6) is 5.75 Å². The van der Waals surface area contributed by atoms with Gasteiger partial charge in [-0.3, -0.25) is 4.40 Å². The number of nitrogens with zero attached hydrogens (tertiary/aromatic N) is 2. The third-order valence-electron chi connectivity index (χ3n) is 2.68. The predicted molar refractivity (Wildman–Crippen MR) is 74.5 cm³/mol. The molecule has 0 aliphatic heterocycles. The number of hydrogen-bond donors (Lipinski definition) is 1. The van der Waals surface area contributed by atoms with Crippen LogP contribution >= 0.6 is 22.9 Å². The fourth-order valence-corrected chi connectivity index (χ4v) is 2.98. The van der Waals surface area contributed by atoms with E-state index in [1.54, 1.807) is 24.6 Å². The summed E-state index contributed by atoms with van der Waals surface area (Å²) in [4.78, 5) is 5.09. The third-order valence-corrected chi connectivity index (χ3v) is 3.81. The average Bonchev–Trinajstić information content (AvgIpc) is 2.87. The quantitative estimate of drug-likeness (QED) is 0.783. The van der Waals surface area contributed by atoms with Gasteiger partial charge in [-0.1, -0.05) is 11.6 Å². The van der Waals surface area contributed by atoms with Crippen molar-refractivity contribution in [2.24, 2.45) is 0 Å². The molecular formula is C12H10ClN3OS. The average molecular weight is 280 g/mol. The number of thiazole rings is 1. The summed E-state index contributed by atoms with van der Waals surface area (Å²) in [5, 5.41) is 2.61. The van der Waals surface area contributed by atoms with Crippen molar-refractivity contribution in [1.29, 1.82) is 0 Å². The van der Waals surface area contributed by atoms with Gasteiger partial charge in [0, 0.05) is 10.9 Å². The zero-order valence-corrected chi connectivity index (χ0v) is 11.1. The molecule has 0 atom stereocenters. The van der Waals surface area contributed by atoms with Gasteiger partial charge in [0.1, 0.15) is 11.6 Å². The zero-order chi connectivity index (χ0) is 12.7. The summed E-state index contributed by atoms with van der Waals surface area (Å²) < 4.78 is 7.10. The minimum atomic E-state index is 0.516. The molecule has 1 aromatic carbocycles. The first-order valence-electron chi connectivity index (χ1n) is 5.25. The largest absolute Gasteiger partial charge is 0.495 e. The van der Waals surface area contributed by atoms with Gasteiger partial charge in [0.15, 0.2) is 4.96 Å². The Morgan fingerprint density at radius 3 is 3.00 bits per heavy atom. The van der Waals surface area contributed by atoms with Crippen molar-refractivity contribution in [3.63, 3.8) is 0 Å². The van der Waals surface area contributed by atoms with Crippen molar-refractivity contribution in [1.82, 2.24) is 9.38 Å². The second-order valence-electron chi connectivity index (χ2n) is 3.79. The maximum atomic E-state index is 6.13. The van der Waals surface area contributed by atoms with Crippen LogP contribution in [0.25, 0.3) is 16.2 Å². The number of anilines is 1. The van der Waals surface area contributed by atoms with Gasteiger partial charge in [0.2, 0.25) is 0 Å². The summed E-state index contributed by atoms with van der Waals surface area (Å²) in [6.45, 7) is 0. The van der Waals surface area contributed by atoms with Gasteiger partial charge in [-0.25, -0.2) is 4.98 Å². The van der Waals surface area contributed by atoms with Crippen LogP contribution in [0, 0.1) is 0 Å². The molecule has 0 saturated heterocycles. The second-order valence-corrected chi connectivity index (χ2v) is 5.03. The van der Waals surface area contributed by atoms with Crippen molar-refractivity contribution >= 4 is 33.7 Å². The van der Waals surface area contributed by atoms with Crippen molar-refractivity contribution in [2.75, 3.05) is 12.8 Å². The Kier molecular flexibility index (Phi) is 2.65. The Balaban J connectivity index is 2.16. The summed E-state index contributed by atoms with van der Waals surface area (Å²) in [5.74, 6) is 1.18. The first-order chi connectivity index (χ1) is 8.69. The Bertz CT molecular complexity index is 719. The second kappa shape index (κ2) is 4.19. The number of rotatable bonds is 2. The molecule has 6 heteroatoms. The first-order valence-corrected chi connectivity index (χ1v) is 6.51. The summed E-state index contributed by atoms with van der Waals surface area (Å²) in [5.41, 5.74) is 7.71. The van der Waals surface area contributed by atoms with Crippen LogP contribution in [-0.4, -0.2) is 16.5 Å². The van der Waals surface area contributed by atoms with Crippen LogP contribution in [-0.2, 0) is 0 Å².